The molecule has 0 unspecified atom stereocenters. The minimum atomic E-state index is -0.288. The van der Waals surface area contributed by atoms with Crippen molar-refractivity contribution in [3.05, 3.63) is 0 Å². The van der Waals surface area contributed by atoms with Crippen LogP contribution >= 0.6 is 0 Å². The van der Waals surface area contributed by atoms with E-state index in [0.29, 0.717) is 0 Å². The molecule has 86 valence electrons. The highest BCUT2D eigenvalue weighted by Gasteiger charge is 2.43. The van der Waals surface area contributed by atoms with Crippen LogP contribution in [0, 0.1) is 23.7 Å². The zero-order valence-electron chi connectivity index (χ0n) is 10.8. The number of rotatable bonds is 5. The van der Waals surface area contributed by atoms with Crippen LogP contribution in [0.2, 0.25) is 15.8 Å². The van der Waals surface area contributed by atoms with Gasteiger partial charge in [0.1, 0.15) is 0 Å². The molecule has 2 saturated carbocycles. The molecule has 0 aromatic rings. The summed E-state index contributed by atoms with van der Waals surface area (Å²) < 4.78 is 0. The van der Waals surface area contributed by atoms with E-state index in [9.17, 15) is 0 Å². The Morgan fingerprint density at radius 3 is 2.20 bits per heavy atom. The Labute approximate surface area is 100 Å². The van der Waals surface area contributed by atoms with E-state index in [-0.39, 0.29) is 14.1 Å². The quantitative estimate of drug-likeness (QED) is 0.597. The molecule has 2 aliphatic carbocycles. The standard InChI is InChI=1S/C10H17.2C2H5.Al/c1-3-8-5-9-6-10(8)4-7(9)2;2*1-2;/h7-10H,1,3-6H2,2H3;2*1H2,2H3;/t7-,8-,9-,10-;;;/m1.../s1. The third kappa shape index (κ3) is 2.62. The highest BCUT2D eigenvalue weighted by atomic mass is 27.2. The first-order valence-electron chi connectivity index (χ1n) is 7.24. The monoisotopic (exact) mass is 222 g/mol. The van der Waals surface area contributed by atoms with E-state index in [1.165, 1.54) is 10.6 Å². The summed E-state index contributed by atoms with van der Waals surface area (Å²) >= 11 is -0.288. The number of hydrogen-bond acceptors (Lipinski definition) is 0. The van der Waals surface area contributed by atoms with E-state index in [2.05, 4.69) is 20.8 Å². The molecular formula is C14H27Al. The van der Waals surface area contributed by atoms with Crippen LogP contribution in [0.15, 0.2) is 0 Å². The first-order valence-corrected chi connectivity index (χ1v) is 9.69. The number of hydrogen-bond donors (Lipinski definition) is 0. The van der Waals surface area contributed by atoms with Gasteiger partial charge < -0.3 is 0 Å². The molecule has 0 heterocycles. The second-order valence-corrected chi connectivity index (χ2v) is 10.2. The molecule has 0 amide bonds. The predicted octanol–water partition coefficient (Wildman–Crippen LogP) is 4.59. The lowest BCUT2D eigenvalue weighted by molar-refractivity contribution is 0.265. The summed E-state index contributed by atoms with van der Waals surface area (Å²) in [5, 5.41) is 4.72. The van der Waals surface area contributed by atoms with Crippen LogP contribution in [0.25, 0.3) is 0 Å². The van der Waals surface area contributed by atoms with Crippen molar-refractivity contribution in [2.45, 2.75) is 62.3 Å². The lowest BCUT2D eigenvalue weighted by Crippen LogP contribution is -2.18. The normalized spacial score (nSPS) is 38.6. The van der Waals surface area contributed by atoms with Crippen LogP contribution in [-0.4, -0.2) is 14.1 Å². The largest absolute Gasteiger partial charge is 0.261 e. The van der Waals surface area contributed by atoms with Gasteiger partial charge in [-0.05, 0) is 42.9 Å². The van der Waals surface area contributed by atoms with Crippen LogP contribution in [-0.2, 0) is 0 Å². The summed E-state index contributed by atoms with van der Waals surface area (Å²) in [6.45, 7) is 7.32. The fourth-order valence-corrected chi connectivity index (χ4v) is 6.48. The summed E-state index contributed by atoms with van der Waals surface area (Å²) in [6, 6.07) is 0. The maximum Gasteiger partial charge on any atom is 0.261 e. The first-order chi connectivity index (χ1) is 7.24. The van der Waals surface area contributed by atoms with Crippen molar-refractivity contribution in [2.75, 3.05) is 0 Å². The fourth-order valence-electron chi connectivity index (χ4n) is 4.18. The van der Waals surface area contributed by atoms with Crippen molar-refractivity contribution in [1.29, 1.82) is 0 Å². The van der Waals surface area contributed by atoms with Crippen LogP contribution < -0.4 is 0 Å². The van der Waals surface area contributed by atoms with E-state index in [0.717, 1.165) is 23.7 Å². The first kappa shape index (κ1) is 12.0. The highest BCUT2D eigenvalue weighted by Crippen LogP contribution is 2.53. The van der Waals surface area contributed by atoms with E-state index in [1.807, 2.05) is 0 Å². The van der Waals surface area contributed by atoms with Gasteiger partial charge in [0.2, 0.25) is 0 Å². The molecule has 2 bridgehead atoms. The Balaban J connectivity index is 1.73. The smallest absolute Gasteiger partial charge is 0.0967 e. The molecule has 0 spiro atoms. The lowest BCUT2D eigenvalue weighted by Gasteiger charge is -2.26. The molecule has 4 atom stereocenters. The van der Waals surface area contributed by atoms with Gasteiger partial charge in [-0.1, -0.05) is 43.0 Å². The molecule has 2 aliphatic rings. The van der Waals surface area contributed by atoms with Gasteiger partial charge >= 0.3 is 0 Å². The average molecular weight is 222 g/mol. The highest BCUT2D eigenvalue weighted by molar-refractivity contribution is 6.58. The Bertz CT molecular complexity index is 196. The van der Waals surface area contributed by atoms with Gasteiger partial charge in [0.15, 0.2) is 0 Å². The summed E-state index contributed by atoms with van der Waals surface area (Å²) in [5.41, 5.74) is 0. The topological polar surface area (TPSA) is 0 Å². The van der Waals surface area contributed by atoms with Gasteiger partial charge in [0, 0.05) is 0 Å². The molecule has 0 aliphatic heterocycles. The van der Waals surface area contributed by atoms with Gasteiger partial charge in [0.05, 0.1) is 0 Å². The van der Waals surface area contributed by atoms with Crippen molar-refractivity contribution in [2.24, 2.45) is 23.7 Å². The zero-order valence-corrected chi connectivity index (χ0v) is 12.0. The van der Waals surface area contributed by atoms with Gasteiger partial charge in [0.25, 0.3) is 14.1 Å². The minimum Gasteiger partial charge on any atom is -0.0967 e. The average Bonchev–Trinajstić information content (AvgIpc) is 2.78. The molecule has 0 aromatic carbocycles. The SMILES string of the molecule is C[CH2][Al]([CH2]C)[CH2]C[C@@H]1C[C@@H]2C[C@H]1C[C@H]2C. The van der Waals surface area contributed by atoms with Gasteiger partial charge in [-0.25, -0.2) is 0 Å². The molecule has 0 aromatic heterocycles. The number of fused-ring (bicyclic) bond motifs is 2. The zero-order chi connectivity index (χ0) is 10.8. The molecule has 2 fully saturated rings. The molecule has 2 rings (SSSR count). The van der Waals surface area contributed by atoms with Crippen LogP contribution in [0.3, 0.4) is 0 Å². The molecule has 0 radical (unpaired) electrons. The Hall–Kier alpha value is 0.532. The van der Waals surface area contributed by atoms with E-state index < -0.39 is 0 Å². The molecule has 0 saturated heterocycles. The predicted molar refractivity (Wildman–Crippen MR) is 69.6 cm³/mol. The second kappa shape index (κ2) is 5.24. The van der Waals surface area contributed by atoms with Crippen molar-refractivity contribution < 1.29 is 0 Å². The summed E-state index contributed by atoms with van der Waals surface area (Å²) in [4.78, 5) is 0. The van der Waals surface area contributed by atoms with Gasteiger partial charge in [-0.15, -0.1) is 0 Å². The van der Waals surface area contributed by atoms with E-state index >= 15 is 0 Å². The van der Waals surface area contributed by atoms with Gasteiger partial charge in [-0.3, -0.25) is 0 Å². The minimum absolute atomic E-state index is 0.288. The molecular weight excluding hydrogens is 195 g/mol. The summed E-state index contributed by atoms with van der Waals surface area (Å²) in [5.74, 6) is 4.49. The molecule has 0 nitrogen and oxygen atoms in total. The molecule has 15 heavy (non-hydrogen) atoms. The Kier molecular flexibility index (Phi) is 4.19. The van der Waals surface area contributed by atoms with E-state index in [1.54, 1.807) is 31.0 Å². The van der Waals surface area contributed by atoms with Gasteiger partial charge in [-0.2, -0.15) is 0 Å². The summed E-state index contributed by atoms with van der Waals surface area (Å²) in [7, 11) is 0. The molecule has 1 heteroatoms. The lowest BCUT2D eigenvalue weighted by atomic mass is 9.82. The second-order valence-electron chi connectivity index (χ2n) is 6.22. The van der Waals surface area contributed by atoms with Crippen LogP contribution in [0.5, 0.6) is 0 Å². The fraction of sp³-hybridized carbons (Fsp3) is 1.00. The van der Waals surface area contributed by atoms with Crippen molar-refractivity contribution in [1.82, 2.24) is 0 Å². The van der Waals surface area contributed by atoms with Crippen LogP contribution in [0.1, 0.15) is 46.5 Å². The van der Waals surface area contributed by atoms with E-state index in [4.69, 9.17) is 0 Å². The van der Waals surface area contributed by atoms with Crippen LogP contribution in [0.4, 0.5) is 0 Å². The summed E-state index contributed by atoms with van der Waals surface area (Å²) in [6.07, 6.45) is 6.36. The molecule has 0 N–H and O–H groups in total. The van der Waals surface area contributed by atoms with Crippen molar-refractivity contribution in [3.8, 4) is 0 Å². The van der Waals surface area contributed by atoms with Crippen molar-refractivity contribution >= 4 is 14.1 Å². The third-order valence-corrected chi connectivity index (χ3v) is 8.92. The third-order valence-electron chi connectivity index (χ3n) is 5.46. The van der Waals surface area contributed by atoms with Crippen molar-refractivity contribution in [3.63, 3.8) is 0 Å². The maximum absolute atomic E-state index is 2.48. The Morgan fingerprint density at radius 2 is 1.73 bits per heavy atom. The Morgan fingerprint density at radius 1 is 1.00 bits per heavy atom. The maximum atomic E-state index is 2.48.